The normalized spacial score (nSPS) is 11.3. The summed E-state index contributed by atoms with van der Waals surface area (Å²) in [6, 6.07) is 0. The lowest BCUT2D eigenvalue weighted by molar-refractivity contribution is -0.131. The minimum atomic E-state index is -2.79. The van der Waals surface area contributed by atoms with E-state index in [4.69, 9.17) is 23.2 Å². The third-order valence-corrected chi connectivity index (χ3v) is 4.36. The second-order valence-electron chi connectivity index (χ2n) is 5.27. The second-order valence-corrected chi connectivity index (χ2v) is 6.06. The number of nitrogens with zero attached hydrogens (tertiary/aromatic N) is 5. The number of halogens is 4. The number of aromatic nitrogens is 4. The number of hydrogen-bond donors (Lipinski definition) is 0. The molecule has 24 heavy (non-hydrogen) atoms. The second kappa shape index (κ2) is 7.48. The average molecular weight is 380 g/mol. The minimum absolute atomic E-state index is 0.120. The van der Waals surface area contributed by atoms with Crippen molar-refractivity contribution in [3.05, 3.63) is 33.3 Å². The van der Waals surface area contributed by atoms with Crippen LogP contribution < -0.4 is 0 Å². The van der Waals surface area contributed by atoms with Gasteiger partial charge in [-0.25, -0.2) is 8.78 Å². The number of hydrogen-bond acceptors (Lipinski definition) is 3. The lowest BCUT2D eigenvalue weighted by Gasteiger charge is -2.16. The van der Waals surface area contributed by atoms with Crippen LogP contribution in [0.2, 0.25) is 10.0 Å². The number of alkyl halides is 2. The van der Waals surface area contributed by atoms with E-state index in [-0.39, 0.29) is 24.0 Å². The molecular weight excluding hydrogens is 363 g/mol. The highest BCUT2D eigenvalue weighted by molar-refractivity contribution is 6.32. The summed E-state index contributed by atoms with van der Waals surface area (Å²) < 4.78 is 28.5. The molecule has 0 bridgehead atoms. The van der Waals surface area contributed by atoms with Crippen LogP contribution in [-0.4, -0.2) is 37.4 Å². The predicted molar refractivity (Wildman–Crippen MR) is 86.3 cm³/mol. The first-order valence-electron chi connectivity index (χ1n) is 7.21. The molecule has 0 aliphatic rings. The molecule has 0 aromatic carbocycles. The molecule has 0 atom stereocenters. The minimum Gasteiger partial charge on any atom is -0.338 e. The van der Waals surface area contributed by atoms with Crippen molar-refractivity contribution < 1.29 is 13.6 Å². The topological polar surface area (TPSA) is 56.0 Å². The number of rotatable bonds is 6. The molecule has 2 aromatic heterocycles. The van der Waals surface area contributed by atoms with Crippen LogP contribution in [0.4, 0.5) is 8.78 Å². The first kappa shape index (κ1) is 18.7. The van der Waals surface area contributed by atoms with E-state index in [0.717, 1.165) is 0 Å². The van der Waals surface area contributed by atoms with Crippen molar-refractivity contribution >= 4 is 29.1 Å². The number of amides is 1. The van der Waals surface area contributed by atoms with E-state index < -0.39 is 12.1 Å². The molecule has 0 spiro atoms. The van der Waals surface area contributed by atoms with Crippen LogP contribution in [0.3, 0.4) is 0 Å². The van der Waals surface area contributed by atoms with Crippen LogP contribution in [0.15, 0.2) is 6.20 Å². The molecule has 2 heterocycles. The highest BCUT2D eigenvalue weighted by atomic mass is 35.5. The molecule has 0 saturated heterocycles. The number of aryl methyl sites for hydroxylation is 1. The third kappa shape index (κ3) is 3.87. The van der Waals surface area contributed by atoms with Gasteiger partial charge in [-0.1, -0.05) is 23.2 Å². The van der Waals surface area contributed by atoms with Crippen molar-refractivity contribution in [2.75, 3.05) is 7.05 Å². The van der Waals surface area contributed by atoms with Gasteiger partial charge in [-0.2, -0.15) is 10.2 Å². The van der Waals surface area contributed by atoms with Gasteiger partial charge in [0.1, 0.15) is 17.9 Å². The highest BCUT2D eigenvalue weighted by Crippen LogP contribution is 2.28. The summed E-state index contributed by atoms with van der Waals surface area (Å²) in [5, 5.41) is 8.33. The van der Waals surface area contributed by atoms with Gasteiger partial charge in [0.15, 0.2) is 0 Å². The van der Waals surface area contributed by atoms with Gasteiger partial charge >= 0.3 is 0 Å². The molecule has 0 unspecified atom stereocenters. The van der Waals surface area contributed by atoms with Crippen molar-refractivity contribution in [1.82, 2.24) is 24.5 Å². The molecule has 0 aliphatic carbocycles. The van der Waals surface area contributed by atoms with Crippen LogP contribution >= 0.6 is 23.2 Å². The summed E-state index contributed by atoms with van der Waals surface area (Å²) in [6.07, 6.45) is -1.11. The fourth-order valence-electron chi connectivity index (χ4n) is 2.11. The molecule has 0 aliphatic heterocycles. The maximum atomic E-state index is 12.8. The van der Waals surface area contributed by atoms with Crippen LogP contribution in [0.1, 0.15) is 30.4 Å². The van der Waals surface area contributed by atoms with E-state index in [1.54, 1.807) is 17.9 Å². The Labute approximate surface area is 147 Å². The maximum absolute atomic E-state index is 12.8. The predicted octanol–water partition coefficient (Wildman–Crippen LogP) is 3.31. The van der Waals surface area contributed by atoms with Crippen LogP contribution in [0.5, 0.6) is 0 Å². The summed E-state index contributed by atoms with van der Waals surface area (Å²) in [5.74, 6) is -0.319. The first-order chi connectivity index (χ1) is 11.2. The molecule has 132 valence electrons. The zero-order valence-corrected chi connectivity index (χ0v) is 14.9. The Morgan fingerprint density at radius 2 is 2.04 bits per heavy atom. The Morgan fingerprint density at radius 1 is 1.38 bits per heavy atom. The summed E-state index contributed by atoms with van der Waals surface area (Å²) in [6.45, 7) is 4.14. The van der Waals surface area contributed by atoms with E-state index in [1.165, 1.54) is 16.5 Å². The summed E-state index contributed by atoms with van der Waals surface area (Å²) in [7, 11) is 1.58. The van der Waals surface area contributed by atoms with Gasteiger partial charge in [0.25, 0.3) is 6.43 Å². The smallest absolute Gasteiger partial charge is 0.283 e. The number of carbonyl (C=O) groups is 1. The first-order valence-corrected chi connectivity index (χ1v) is 7.96. The van der Waals surface area contributed by atoms with E-state index >= 15 is 0 Å². The van der Waals surface area contributed by atoms with Gasteiger partial charge in [-0.3, -0.25) is 14.2 Å². The molecule has 0 N–H and O–H groups in total. The highest BCUT2D eigenvalue weighted by Gasteiger charge is 2.22. The average Bonchev–Trinajstić information content (AvgIpc) is 3.02. The number of likely N-dealkylation sites (N-methyl/N-ethyl adjacent to an activating group) is 1. The van der Waals surface area contributed by atoms with Gasteiger partial charge in [0, 0.05) is 19.8 Å². The maximum Gasteiger partial charge on any atom is 0.283 e. The van der Waals surface area contributed by atoms with E-state index in [1.807, 2.05) is 6.92 Å². The van der Waals surface area contributed by atoms with Gasteiger partial charge < -0.3 is 4.90 Å². The summed E-state index contributed by atoms with van der Waals surface area (Å²) >= 11 is 11.9. The fraction of sp³-hybridized carbons (Fsp3) is 0.500. The van der Waals surface area contributed by atoms with Crippen LogP contribution in [0.25, 0.3) is 0 Å². The molecule has 0 radical (unpaired) electrons. The van der Waals surface area contributed by atoms with Gasteiger partial charge in [-0.05, 0) is 13.8 Å². The number of carbonyl (C=O) groups excluding carboxylic acids is 1. The zero-order valence-electron chi connectivity index (χ0n) is 13.4. The van der Waals surface area contributed by atoms with E-state index in [2.05, 4.69) is 10.2 Å². The van der Waals surface area contributed by atoms with Gasteiger partial charge in [0.05, 0.1) is 22.3 Å². The fourth-order valence-corrected chi connectivity index (χ4v) is 2.54. The SMILES string of the molecule is CCn1cc(Cl)c(CN(C)C(=O)Cn2nc(C(F)F)c(Cl)c2C)n1. The summed E-state index contributed by atoms with van der Waals surface area (Å²) in [4.78, 5) is 13.7. The Hall–Kier alpha value is -1.67. The Kier molecular flexibility index (Phi) is 5.82. The van der Waals surface area contributed by atoms with Crippen molar-refractivity contribution in [3.63, 3.8) is 0 Å². The molecule has 0 saturated carbocycles. The molecule has 1 amide bonds. The van der Waals surface area contributed by atoms with Gasteiger partial charge in [0.2, 0.25) is 5.91 Å². The lowest BCUT2D eigenvalue weighted by Crippen LogP contribution is -2.30. The quantitative estimate of drug-likeness (QED) is 0.773. The largest absolute Gasteiger partial charge is 0.338 e. The molecule has 6 nitrogen and oxygen atoms in total. The van der Waals surface area contributed by atoms with Crippen molar-refractivity contribution in [2.24, 2.45) is 0 Å². The monoisotopic (exact) mass is 379 g/mol. The van der Waals surface area contributed by atoms with Gasteiger partial charge in [-0.15, -0.1) is 0 Å². The lowest BCUT2D eigenvalue weighted by atomic mass is 10.3. The Bertz CT molecular complexity index is 744. The van der Waals surface area contributed by atoms with Crippen molar-refractivity contribution in [2.45, 2.75) is 39.9 Å². The van der Waals surface area contributed by atoms with Crippen molar-refractivity contribution in [1.29, 1.82) is 0 Å². The van der Waals surface area contributed by atoms with E-state index in [0.29, 0.717) is 23.0 Å². The van der Waals surface area contributed by atoms with Crippen molar-refractivity contribution in [3.8, 4) is 0 Å². The Balaban J connectivity index is 2.09. The molecule has 10 heteroatoms. The molecular formula is C14H17Cl2F2N5O. The standard InChI is InChI=1S/C14H17Cl2F2N5O/c1-4-22-5-9(15)10(19-22)6-21(3)11(24)7-23-8(2)12(16)13(20-23)14(17)18/h5,14H,4,6-7H2,1-3H3. The molecule has 2 aromatic rings. The molecule has 2 rings (SSSR count). The zero-order chi connectivity index (χ0) is 18.0. The Morgan fingerprint density at radius 3 is 2.54 bits per heavy atom. The van der Waals surface area contributed by atoms with Crippen LogP contribution in [0, 0.1) is 6.92 Å². The third-order valence-electron chi connectivity index (χ3n) is 3.57. The van der Waals surface area contributed by atoms with E-state index in [9.17, 15) is 13.6 Å². The summed E-state index contributed by atoms with van der Waals surface area (Å²) in [5.41, 5.74) is 0.370. The molecule has 0 fully saturated rings. The van der Waals surface area contributed by atoms with Crippen LogP contribution in [-0.2, 0) is 24.4 Å².